The summed E-state index contributed by atoms with van der Waals surface area (Å²) < 4.78 is 4.89. The van der Waals surface area contributed by atoms with Crippen LogP contribution in [0, 0.1) is 12.3 Å². The molecule has 0 N–H and O–H groups in total. The highest BCUT2D eigenvalue weighted by atomic mass is 32.2. The summed E-state index contributed by atoms with van der Waals surface area (Å²) in [7, 11) is 0. The predicted molar refractivity (Wildman–Crippen MR) is 71.8 cm³/mol. The maximum atomic E-state index is 12.1. The zero-order valence-corrected chi connectivity index (χ0v) is 11.5. The number of carbonyl (C=O) groups is 2. The average Bonchev–Trinajstić information content (AvgIpc) is 2.84. The smallest absolute Gasteiger partial charge is 0.330 e. The zero-order chi connectivity index (χ0) is 13.5. The summed E-state index contributed by atoms with van der Waals surface area (Å²) in [5.74, 6) is 2.80. The third-order valence-electron chi connectivity index (χ3n) is 2.56. The molecule has 18 heavy (non-hydrogen) atoms. The Balaban J connectivity index is 2.70. The number of thioether (sulfide) groups is 1. The van der Waals surface area contributed by atoms with E-state index in [0.29, 0.717) is 17.2 Å². The Morgan fingerprint density at radius 2 is 2.33 bits per heavy atom. The summed E-state index contributed by atoms with van der Waals surface area (Å²) >= 11 is 1.54. The van der Waals surface area contributed by atoms with Crippen LogP contribution in [0.5, 0.6) is 0 Å². The fourth-order valence-electron chi connectivity index (χ4n) is 1.67. The molecule has 1 aliphatic heterocycles. The van der Waals surface area contributed by atoms with Crippen LogP contribution in [-0.4, -0.2) is 41.1 Å². The van der Waals surface area contributed by atoms with Gasteiger partial charge in [-0.25, -0.2) is 4.79 Å². The molecule has 1 heterocycles. The highest BCUT2D eigenvalue weighted by molar-refractivity contribution is 7.99. The van der Waals surface area contributed by atoms with Gasteiger partial charge in [-0.2, -0.15) is 0 Å². The lowest BCUT2D eigenvalue weighted by atomic mass is 10.2. The summed E-state index contributed by atoms with van der Waals surface area (Å²) in [6.07, 6.45) is 7.69. The van der Waals surface area contributed by atoms with Crippen LogP contribution in [0.25, 0.3) is 0 Å². The molecular weight excluding hydrogens is 250 g/mol. The first-order valence-corrected chi connectivity index (χ1v) is 6.92. The van der Waals surface area contributed by atoms with Gasteiger partial charge in [-0.05, 0) is 13.3 Å². The second-order valence-corrected chi connectivity index (χ2v) is 4.90. The van der Waals surface area contributed by atoms with Gasteiger partial charge in [-0.15, -0.1) is 18.2 Å². The summed E-state index contributed by atoms with van der Waals surface area (Å²) in [5, 5.41) is 0. The molecule has 1 saturated heterocycles. The molecule has 4 nitrogen and oxygen atoms in total. The lowest BCUT2D eigenvalue weighted by Gasteiger charge is -2.22. The van der Waals surface area contributed by atoms with Crippen molar-refractivity contribution in [3.63, 3.8) is 0 Å². The van der Waals surface area contributed by atoms with Crippen molar-refractivity contribution in [3.05, 3.63) is 11.6 Å². The molecule has 1 aliphatic rings. The minimum Gasteiger partial charge on any atom is -0.451 e. The number of allylic oxidation sites excluding steroid dienone is 1. The zero-order valence-electron chi connectivity index (χ0n) is 10.6. The van der Waals surface area contributed by atoms with Crippen molar-refractivity contribution in [1.29, 1.82) is 0 Å². The van der Waals surface area contributed by atoms with Gasteiger partial charge in [0.1, 0.15) is 6.04 Å². The van der Waals surface area contributed by atoms with E-state index in [0.717, 1.165) is 6.42 Å². The maximum Gasteiger partial charge on any atom is 0.330 e. The Hall–Kier alpha value is -1.41. The first-order chi connectivity index (χ1) is 8.61. The molecule has 1 fully saturated rings. The number of rotatable bonds is 4. The lowest BCUT2D eigenvalue weighted by Crippen LogP contribution is -2.43. The van der Waals surface area contributed by atoms with Crippen molar-refractivity contribution in [1.82, 2.24) is 4.90 Å². The van der Waals surface area contributed by atoms with Gasteiger partial charge in [0, 0.05) is 11.3 Å². The van der Waals surface area contributed by atoms with E-state index in [-0.39, 0.29) is 12.5 Å². The highest BCUT2D eigenvalue weighted by Gasteiger charge is 2.35. The Kier molecular flexibility index (Phi) is 5.79. The van der Waals surface area contributed by atoms with Crippen molar-refractivity contribution in [2.24, 2.45) is 0 Å². The molecule has 0 spiro atoms. The van der Waals surface area contributed by atoms with Crippen molar-refractivity contribution < 1.29 is 14.3 Å². The van der Waals surface area contributed by atoms with Crippen LogP contribution in [-0.2, 0) is 14.3 Å². The molecule has 0 aromatic rings. The second-order valence-electron chi connectivity index (χ2n) is 3.90. The molecule has 0 saturated carbocycles. The number of hydrogen-bond acceptors (Lipinski definition) is 4. The number of terminal acetylenes is 1. The highest BCUT2D eigenvalue weighted by Crippen LogP contribution is 2.23. The molecule has 98 valence electrons. The van der Waals surface area contributed by atoms with Gasteiger partial charge in [-0.1, -0.05) is 18.9 Å². The number of nitrogens with zero attached hydrogens (tertiary/aromatic N) is 1. The Morgan fingerprint density at radius 1 is 1.61 bits per heavy atom. The summed E-state index contributed by atoms with van der Waals surface area (Å²) in [4.78, 5) is 25.4. The Labute approximate surface area is 112 Å². The fourth-order valence-corrected chi connectivity index (χ4v) is 2.81. The quantitative estimate of drug-likeness (QED) is 0.439. The van der Waals surface area contributed by atoms with Crippen LogP contribution in [0.15, 0.2) is 11.6 Å². The number of amides is 1. The largest absolute Gasteiger partial charge is 0.451 e. The molecule has 0 aromatic carbocycles. The summed E-state index contributed by atoms with van der Waals surface area (Å²) in [5.41, 5.74) is 0.662. The average molecular weight is 267 g/mol. The first kappa shape index (κ1) is 14.7. The van der Waals surface area contributed by atoms with E-state index >= 15 is 0 Å². The SMILES string of the molecule is C#CCOC(=O)[C@@H]1CSCN1C(=O)/C(C)=C/CC. The number of carbonyl (C=O) groups excluding carboxylic acids is 2. The predicted octanol–water partition coefficient (Wildman–Crippen LogP) is 1.42. The van der Waals surface area contributed by atoms with E-state index in [1.807, 2.05) is 13.0 Å². The fraction of sp³-hybridized carbons (Fsp3) is 0.538. The van der Waals surface area contributed by atoms with Crippen LogP contribution < -0.4 is 0 Å². The number of esters is 1. The van der Waals surface area contributed by atoms with Crippen LogP contribution in [0.2, 0.25) is 0 Å². The van der Waals surface area contributed by atoms with Crippen LogP contribution >= 0.6 is 11.8 Å². The molecule has 1 rings (SSSR count). The summed E-state index contributed by atoms with van der Waals surface area (Å²) in [6.45, 7) is 3.68. The standard InChI is InChI=1S/C13H17NO3S/c1-4-6-10(3)12(15)14-9-18-8-11(14)13(16)17-7-5-2/h2,6,11H,4,7-9H2,1,3H3/b10-6+/t11-/m0/s1. The van der Waals surface area contributed by atoms with E-state index in [9.17, 15) is 9.59 Å². The molecular formula is C13H17NO3S. The van der Waals surface area contributed by atoms with Crippen molar-refractivity contribution in [2.45, 2.75) is 26.3 Å². The second kappa shape index (κ2) is 7.12. The van der Waals surface area contributed by atoms with E-state index in [4.69, 9.17) is 11.2 Å². The van der Waals surface area contributed by atoms with Crippen LogP contribution in [0.1, 0.15) is 20.3 Å². The topological polar surface area (TPSA) is 46.6 Å². The van der Waals surface area contributed by atoms with Gasteiger partial charge < -0.3 is 9.64 Å². The van der Waals surface area contributed by atoms with Crippen molar-refractivity contribution in [3.8, 4) is 12.3 Å². The van der Waals surface area contributed by atoms with Gasteiger partial charge >= 0.3 is 5.97 Å². The molecule has 0 unspecified atom stereocenters. The van der Waals surface area contributed by atoms with Gasteiger partial charge in [0.2, 0.25) is 0 Å². The van der Waals surface area contributed by atoms with E-state index < -0.39 is 12.0 Å². The molecule has 5 heteroatoms. The van der Waals surface area contributed by atoms with Gasteiger partial charge in [0.15, 0.2) is 6.61 Å². The Bertz CT molecular complexity index is 398. The van der Waals surface area contributed by atoms with Crippen molar-refractivity contribution >= 4 is 23.6 Å². The Morgan fingerprint density at radius 3 is 2.94 bits per heavy atom. The van der Waals surface area contributed by atoms with Crippen molar-refractivity contribution in [2.75, 3.05) is 18.2 Å². The minimum absolute atomic E-state index is 0.0498. The van der Waals surface area contributed by atoms with Gasteiger partial charge in [-0.3, -0.25) is 4.79 Å². The van der Waals surface area contributed by atoms with Gasteiger partial charge in [0.05, 0.1) is 5.88 Å². The molecule has 1 amide bonds. The third kappa shape index (κ3) is 3.54. The summed E-state index contributed by atoms with van der Waals surface area (Å²) in [6, 6.07) is -0.518. The van der Waals surface area contributed by atoms with E-state index in [1.165, 1.54) is 0 Å². The number of hydrogen-bond donors (Lipinski definition) is 0. The van der Waals surface area contributed by atoms with Crippen LogP contribution in [0.4, 0.5) is 0 Å². The van der Waals surface area contributed by atoms with E-state index in [1.54, 1.807) is 23.6 Å². The third-order valence-corrected chi connectivity index (χ3v) is 3.57. The molecule has 0 aliphatic carbocycles. The normalized spacial score (nSPS) is 19.5. The minimum atomic E-state index is -0.518. The molecule has 1 atom stereocenters. The van der Waals surface area contributed by atoms with E-state index in [2.05, 4.69) is 5.92 Å². The van der Waals surface area contributed by atoms with Crippen LogP contribution in [0.3, 0.4) is 0 Å². The molecule has 0 radical (unpaired) electrons. The molecule has 0 bridgehead atoms. The number of ether oxygens (including phenoxy) is 1. The monoisotopic (exact) mass is 267 g/mol. The maximum absolute atomic E-state index is 12.1. The molecule has 0 aromatic heterocycles. The lowest BCUT2D eigenvalue weighted by molar-refractivity contribution is -0.150. The first-order valence-electron chi connectivity index (χ1n) is 5.77. The van der Waals surface area contributed by atoms with Gasteiger partial charge in [0.25, 0.3) is 5.91 Å².